The van der Waals surface area contributed by atoms with Gasteiger partial charge in [0, 0.05) is 35.9 Å². The molecule has 0 bridgehead atoms. The minimum absolute atomic E-state index is 0.169. The second kappa shape index (κ2) is 11.0. The van der Waals surface area contributed by atoms with E-state index in [4.69, 9.17) is 0 Å². The Kier molecular flexibility index (Phi) is 8.31. The summed E-state index contributed by atoms with van der Waals surface area (Å²) >= 11 is 1.23. The highest BCUT2D eigenvalue weighted by Gasteiger charge is 2.25. The van der Waals surface area contributed by atoms with Gasteiger partial charge in [0.05, 0.1) is 0 Å². The molecule has 0 aliphatic heterocycles. The van der Waals surface area contributed by atoms with Gasteiger partial charge < -0.3 is 9.88 Å². The van der Waals surface area contributed by atoms with Crippen molar-refractivity contribution in [3.63, 3.8) is 0 Å². The molecule has 2 amide bonds. The molecule has 2 N–H and O–H groups in total. The van der Waals surface area contributed by atoms with Crippen LogP contribution in [-0.4, -0.2) is 30.5 Å². The Morgan fingerprint density at radius 3 is 2.55 bits per heavy atom. The average molecular weight is 489 g/mol. The Morgan fingerprint density at radius 1 is 1.21 bits per heavy atom. The van der Waals surface area contributed by atoms with E-state index in [9.17, 15) is 13.2 Å². The number of urea groups is 1. The smallest absolute Gasteiger partial charge is 0.328 e. The van der Waals surface area contributed by atoms with Crippen LogP contribution in [0, 0.1) is 12.8 Å². The quantitative estimate of drug-likeness (QED) is 0.395. The van der Waals surface area contributed by atoms with E-state index >= 15 is 0 Å². The number of aromatic nitrogens is 2. The van der Waals surface area contributed by atoms with Gasteiger partial charge in [-0.05, 0) is 42.9 Å². The fourth-order valence-electron chi connectivity index (χ4n) is 3.47. The van der Waals surface area contributed by atoms with Crippen molar-refractivity contribution in [1.82, 2.24) is 19.6 Å². The summed E-state index contributed by atoms with van der Waals surface area (Å²) in [6, 6.07) is 9.10. The molecule has 2 heterocycles. The largest absolute Gasteiger partial charge is 0.337 e. The molecule has 1 aromatic carbocycles. The third kappa shape index (κ3) is 6.68. The van der Waals surface area contributed by atoms with Gasteiger partial charge in [0.25, 0.3) is 10.0 Å². The molecule has 2 aromatic heterocycles. The number of amides is 2. The second-order valence-electron chi connectivity index (χ2n) is 8.53. The lowest BCUT2D eigenvalue weighted by Crippen LogP contribution is -2.39. The molecule has 0 saturated heterocycles. The molecule has 7 nitrogen and oxygen atoms in total. The van der Waals surface area contributed by atoms with Crippen LogP contribution < -0.4 is 10.0 Å². The van der Waals surface area contributed by atoms with Crippen molar-refractivity contribution in [2.24, 2.45) is 5.92 Å². The number of unbranched alkanes of at least 4 members (excludes halogenated alkanes) is 1. The van der Waals surface area contributed by atoms with Crippen LogP contribution in [0.2, 0.25) is 0 Å². The zero-order chi connectivity index (χ0) is 24.0. The summed E-state index contributed by atoms with van der Waals surface area (Å²) in [6.07, 6.45) is 6.18. The van der Waals surface area contributed by atoms with E-state index in [1.165, 1.54) is 11.3 Å². The fourth-order valence-corrected chi connectivity index (χ4v) is 6.35. The Morgan fingerprint density at radius 2 is 1.94 bits per heavy atom. The first-order valence-electron chi connectivity index (χ1n) is 11.2. The zero-order valence-corrected chi connectivity index (χ0v) is 21.2. The van der Waals surface area contributed by atoms with Crippen LogP contribution in [0.1, 0.15) is 49.9 Å². The van der Waals surface area contributed by atoms with Gasteiger partial charge in [0.2, 0.25) is 0 Å². The van der Waals surface area contributed by atoms with Crippen molar-refractivity contribution in [3.8, 4) is 11.1 Å². The van der Waals surface area contributed by atoms with E-state index in [1.54, 1.807) is 6.20 Å². The minimum atomic E-state index is -4.00. The molecular formula is C24H32N4O3S2. The number of rotatable bonds is 10. The number of hydrogen-bond acceptors (Lipinski definition) is 5. The number of hydrogen-bond donors (Lipinski definition) is 2. The summed E-state index contributed by atoms with van der Waals surface area (Å²) in [5, 5.41) is 2.61. The molecule has 0 aliphatic rings. The van der Waals surface area contributed by atoms with Gasteiger partial charge in [-0.15, -0.1) is 11.3 Å². The van der Waals surface area contributed by atoms with E-state index in [0.717, 1.165) is 41.1 Å². The zero-order valence-electron chi connectivity index (χ0n) is 19.6. The van der Waals surface area contributed by atoms with Gasteiger partial charge in [-0.1, -0.05) is 51.5 Å². The van der Waals surface area contributed by atoms with Gasteiger partial charge >= 0.3 is 6.03 Å². The van der Waals surface area contributed by atoms with Crippen molar-refractivity contribution in [2.75, 3.05) is 6.54 Å². The highest BCUT2D eigenvalue weighted by Crippen LogP contribution is 2.36. The van der Waals surface area contributed by atoms with E-state index in [0.29, 0.717) is 24.6 Å². The molecule has 0 unspecified atom stereocenters. The Balaban J connectivity index is 1.88. The topological polar surface area (TPSA) is 93.1 Å². The average Bonchev–Trinajstić information content (AvgIpc) is 3.35. The van der Waals surface area contributed by atoms with Crippen LogP contribution in [0.5, 0.6) is 0 Å². The van der Waals surface area contributed by atoms with Crippen molar-refractivity contribution >= 4 is 27.4 Å². The van der Waals surface area contributed by atoms with Crippen LogP contribution in [0.4, 0.5) is 4.79 Å². The number of carbonyl (C=O) groups excluding carboxylic acids is 1. The third-order valence-electron chi connectivity index (χ3n) is 5.19. The summed E-state index contributed by atoms with van der Waals surface area (Å²) in [4.78, 5) is 17.4. The van der Waals surface area contributed by atoms with Gasteiger partial charge in [0.15, 0.2) is 0 Å². The Hall–Kier alpha value is -2.65. The summed E-state index contributed by atoms with van der Waals surface area (Å²) in [5.41, 5.74) is 2.52. The number of aryl methyl sites for hydroxylation is 1. The molecule has 0 aliphatic carbocycles. The molecule has 178 valence electrons. The van der Waals surface area contributed by atoms with Crippen LogP contribution in [0.3, 0.4) is 0 Å². The van der Waals surface area contributed by atoms with Gasteiger partial charge in [0.1, 0.15) is 10.0 Å². The monoisotopic (exact) mass is 488 g/mol. The van der Waals surface area contributed by atoms with Crippen molar-refractivity contribution < 1.29 is 13.2 Å². The number of nitrogens with one attached hydrogen (secondary N) is 2. The van der Waals surface area contributed by atoms with E-state index in [-0.39, 0.29) is 4.21 Å². The van der Waals surface area contributed by atoms with Crippen molar-refractivity contribution in [3.05, 3.63) is 59.0 Å². The highest BCUT2D eigenvalue weighted by atomic mass is 32.2. The van der Waals surface area contributed by atoms with Crippen molar-refractivity contribution in [2.45, 2.75) is 57.7 Å². The maximum absolute atomic E-state index is 13.1. The van der Waals surface area contributed by atoms with Crippen LogP contribution >= 0.6 is 11.3 Å². The van der Waals surface area contributed by atoms with Crippen LogP contribution in [-0.2, 0) is 23.0 Å². The Labute approximate surface area is 200 Å². The lowest BCUT2D eigenvalue weighted by Gasteiger charge is -2.10. The van der Waals surface area contributed by atoms with Crippen LogP contribution in [0.15, 0.2) is 46.9 Å². The predicted molar refractivity (Wildman–Crippen MR) is 133 cm³/mol. The molecule has 0 radical (unpaired) electrons. The summed E-state index contributed by atoms with van der Waals surface area (Å²) in [7, 11) is -4.00. The predicted octanol–water partition coefficient (Wildman–Crippen LogP) is 4.95. The van der Waals surface area contributed by atoms with Gasteiger partial charge in [-0.25, -0.2) is 22.9 Å². The minimum Gasteiger partial charge on any atom is -0.337 e. The summed E-state index contributed by atoms with van der Waals surface area (Å²) in [6.45, 7) is 9.29. The molecule has 9 heteroatoms. The first-order valence-corrected chi connectivity index (χ1v) is 13.5. The number of sulfonamides is 1. The maximum Gasteiger partial charge on any atom is 0.328 e. The number of imidazole rings is 1. The standard InChI is InChI=1S/C24H32N4O3S2/c1-5-6-11-26-24(29)27-33(30,31)23-22(15-21(32-23)14-17(2)3)20-9-7-19(8-10-20)16-28-13-12-25-18(28)4/h7-10,12-13,15,17H,5-6,11,14,16H2,1-4H3,(H2,26,27,29). The molecule has 0 atom stereocenters. The first-order chi connectivity index (χ1) is 15.7. The highest BCUT2D eigenvalue weighted by molar-refractivity contribution is 7.92. The lowest BCUT2D eigenvalue weighted by atomic mass is 10.0. The maximum atomic E-state index is 13.1. The summed E-state index contributed by atoms with van der Waals surface area (Å²) < 4.78 is 30.6. The molecule has 3 aromatic rings. The third-order valence-corrected chi connectivity index (χ3v) is 8.21. The molecular weight excluding hydrogens is 456 g/mol. The molecule has 3 rings (SSSR count). The molecule has 0 fully saturated rings. The normalized spacial score (nSPS) is 11.7. The van der Waals surface area contributed by atoms with E-state index in [2.05, 4.69) is 33.4 Å². The van der Waals surface area contributed by atoms with Gasteiger partial charge in [-0.2, -0.15) is 0 Å². The molecule has 0 spiro atoms. The van der Waals surface area contributed by atoms with Gasteiger partial charge in [-0.3, -0.25) is 0 Å². The van der Waals surface area contributed by atoms with E-state index < -0.39 is 16.1 Å². The lowest BCUT2D eigenvalue weighted by molar-refractivity contribution is 0.245. The first kappa shape index (κ1) is 25.0. The number of nitrogens with zero attached hydrogens (tertiary/aromatic N) is 2. The molecule has 33 heavy (non-hydrogen) atoms. The second-order valence-corrected chi connectivity index (χ2v) is 11.5. The Bertz CT molecular complexity index is 1180. The molecule has 0 saturated carbocycles. The SMILES string of the molecule is CCCCNC(=O)NS(=O)(=O)c1sc(CC(C)C)cc1-c1ccc(Cn2ccnc2C)cc1. The number of benzene rings is 1. The fraction of sp³-hybridized carbons (Fsp3) is 0.417. The van der Waals surface area contributed by atoms with E-state index in [1.807, 2.05) is 50.4 Å². The number of carbonyl (C=O) groups is 1. The number of thiophene rings is 1. The van der Waals surface area contributed by atoms with Crippen molar-refractivity contribution in [1.29, 1.82) is 0 Å². The van der Waals surface area contributed by atoms with Crippen LogP contribution in [0.25, 0.3) is 11.1 Å². The summed E-state index contributed by atoms with van der Waals surface area (Å²) in [5.74, 6) is 1.32.